The minimum absolute atomic E-state index is 0.161. The molecule has 0 aromatic heterocycles. The van der Waals surface area contributed by atoms with E-state index in [1.54, 1.807) is 23.9 Å². The molecule has 4 heteroatoms. The highest BCUT2D eigenvalue weighted by Crippen LogP contribution is 2.16. The third kappa shape index (κ3) is 4.68. The molecule has 0 amide bonds. The topological polar surface area (TPSA) is 63.3 Å². The zero-order chi connectivity index (χ0) is 12.2. The van der Waals surface area contributed by atoms with Crippen LogP contribution in [0.2, 0.25) is 0 Å². The van der Waals surface area contributed by atoms with Crippen molar-refractivity contribution in [3.05, 3.63) is 35.4 Å². The highest BCUT2D eigenvalue weighted by molar-refractivity contribution is 7.98. The summed E-state index contributed by atoms with van der Waals surface area (Å²) >= 11 is 1.76. The lowest BCUT2D eigenvalue weighted by atomic mass is 10.1. The number of rotatable bonds is 5. The molecule has 1 aromatic carbocycles. The van der Waals surface area contributed by atoms with Crippen molar-refractivity contribution in [1.82, 2.24) is 0 Å². The Hall–Kier alpha value is -1.00. The van der Waals surface area contributed by atoms with Gasteiger partial charge in [0.1, 0.15) is 0 Å². The highest BCUT2D eigenvalue weighted by atomic mass is 32.2. The number of carboxylic acid groups (broad SMARTS) is 1. The summed E-state index contributed by atoms with van der Waals surface area (Å²) in [6.45, 7) is 3.99. The maximum atomic E-state index is 10.6. The molecule has 0 saturated carbocycles. The Labute approximate surface area is 100 Å². The largest absolute Gasteiger partial charge is 0.478 e. The van der Waals surface area contributed by atoms with Gasteiger partial charge in [0.05, 0.1) is 5.56 Å². The van der Waals surface area contributed by atoms with Crippen molar-refractivity contribution in [2.75, 3.05) is 5.75 Å². The van der Waals surface area contributed by atoms with E-state index in [0.717, 1.165) is 17.1 Å². The number of carbonyl (C=O) groups is 1. The van der Waals surface area contributed by atoms with Crippen LogP contribution in [0.25, 0.3) is 0 Å². The molecular formula is C12H17NO2S. The van der Waals surface area contributed by atoms with Gasteiger partial charge in [-0.2, -0.15) is 11.8 Å². The van der Waals surface area contributed by atoms with Crippen LogP contribution in [-0.4, -0.2) is 22.4 Å². The van der Waals surface area contributed by atoms with Gasteiger partial charge in [0.2, 0.25) is 0 Å². The smallest absolute Gasteiger partial charge is 0.335 e. The average molecular weight is 239 g/mol. The summed E-state index contributed by atoms with van der Waals surface area (Å²) < 4.78 is 0. The quantitative estimate of drug-likeness (QED) is 0.828. The number of carboxylic acids is 1. The van der Waals surface area contributed by atoms with Crippen LogP contribution in [0, 0.1) is 0 Å². The monoisotopic (exact) mass is 239 g/mol. The van der Waals surface area contributed by atoms with Crippen LogP contribution < -0.4 is 5.73 Å². The van der Waals surface area contributed by atoms with Gasteiger partial charge in [-0.3, -0.25) is 0 Å². The normalized spacial score (nSPS) is 11.4. The maximum absolute atomic E-state index is 10.6. The van der Waals surface area contributed by atoms with E-state index >= 15 is 0 Å². The number of hydrogen-bond donors (Lipinski definition) is 2. The molecule has 0 radical (unpaired) electrons. The average Bonchev–Trinajstić information content (AvgIpc) is 2.16. The molecule has 3 nitrogen and oxygen atoms in total. The number of nitrogens with two attached hydrogens (primary N) is 1. The molecule has 0 aliphatic carbocycles. The van der Waals surface area contributed by atoms with Crippen molar-refractivity contribution in [3.63, 3.8) is 0 Å². The summed E-state index contributed by atoms with van der Waals surface area (Å²) in [4.78, 5) is 10.6. The van der Waals surface area contributed by atoms with Crippen LogP contribution in [0.4, 0.5) is 0 Å². The summed E-state index contributed by atoms with van der Waals surface area (Å²) in [5.74, 6) is 0.857. The van der Waals surface area contributed by atoms with Gasteiger partial charge in [-0.15, -0.1) is 0 Å². The van der Waals surface area contributed by atoms with E-state index < -0.39 is 5.97 Å². The van der Waals surface area contributed by atoms with Crippen molar-refractivity contribution in [2.45, 2.75) is 25.1 Å². The lowest BCUT2D eigenvalue weighted by Gasteiger charge is -2.17. The predicted molar refractivity (Wildman–Crippen MR) is 67.8 cm³/mol. The number of aromatic carboxylic acids is 1. The molecule has 1 rings (SSSR count). The third-order valence-corrected chi connectivity index (χ3v) is 3.43. The molecule has 3 N–H and O–H groups in total. The van der Waals surface area contributed by atoms with E-state index in [1.165, 1.54) is 0 Å². The number of hydrogen-bond acceptors (Lipinski definition) is 3. The zero-order valence-corrected chi connectivity index (χ0v) is 10.4. The van der Waals surface area contributed by atoms with E-state index in [1.807, 2.05) is 26.0 Å². The summed E-state index contributed by atoms with van der Waals surface area (Å²) in [6, 6.07) is 6.96. The van der Waals surface area contributed by atoms with Crippen molar-refractivity contribution in [2.24, 2.45) is 5.73 Å². The summed E-state index contributed by atoms with van der Waals surface area (Å²) in [5, 5.41) is 8.74. The van der Waals surface area contributed by atoms with Gasteiger partial charge < -0.3 is 10.8 Å². The van der Waals surface area contributed by atoms with Gasteiger partial charge in [-0.05, 0) is 31.5 Å². The van der Waals surface area contributed by atoms with Crippen molar-refractivity contribution in [3.8, 4) is 0 Å². The minimum atomic E-state index is -0.887. The van der Waals surface area contributed by atoms with Crippen molar-refractivity contribution >= 4 is 17.7 Å². The lowest BCUT2D eigenvalue weighted by molar-refractivity contribution is 0.0697. The van der Waals surface area contributed by atoms with Crippen LogP contribution in [-0.2, 0) is 5.75 Å². The molecule has 0 atom stereocenters. The lowest BCUT2D eigenvalue weighted by Crippen LogP contribution is -2.34. The molecular weight excluding hydrogens is 222 g/mol. The highest BCUT2D eigenvalue weighted by Gasteiger charge is 2.10. The molecule has 1 aromatic rings. The second-order valence-corrected chi connectivity index (χ2v) is 5.47. The Morgan fingerprint density at radius 3 is 2.38 bits per heavy atom. The van der Waals surface area contributed by atoms with Crippen LogP contribution in [0.15, 0.2) is 24.3 Å². The minimum Gasteiger partial charge on any atom is -0.478 e. The molecule has 88 valence electrons. The van der Waals surface area contributed by atoms with Gasteiger partial charge in [-0.1, -0.05) is 12.1 Å². The van der Waals surface area contributed by atoms with Crippen molar-refractivity contribution < 1.29 is 9.90 Å². The first-order valence-electron chi connectivity index (χ1n) is 5.07. The number of benzene rings is 1. The van der Waals surface area contributed by atoms with Gasteiger partial charge >= 0.3 is 5.97 Å². The van der Waals surface area contributed by atoms with E-state index in [0.29, 0.717) is 5.56 Å². The van der Waals surface area contributed by atoms with Gasteiger partial charge in [0.15, 0.2) is 0 Å². The van der Waals surface area contributed by atoms with Gasteiger partial charge in [0, 0.05) is 17.0 Å². The molecule has 0 heterocycles. The fourth-order valence-corrected chi connectivity index (χ4v) is 2.23. The van der Waals surface area contributed by atoms with E-state index in [9.17, 15) is 4.79 Å². The molecule has 0 fully saturated rings. The Morgan fingerprint density at radius 1 is 1.38 bits per heavy atom. The fourth-order valence-electron chi connectivity index (χ4n) is 1.18. The Balaban J connectivity index is 2.47. The van der Waals surface area contributed by atoms with Crippen LogP contribution in [0.3, 0.4) is 0 Å². The molecule has 0 aliphatic heterocycles. The SMILES string of the molecule is CC(C)(N)CSCc1ccc(C(=O)O)cc1. The van der Waals surface area contributed by atoms with Crippen LogP contribution >= 0.6 is 11.8 Å². The summed E-state index contributed by atoms with van der Waals surface area (Å²) in [5.41, 5.74) is 7.15. The number of thioether (sulfide) groups is 1. The predicted octanol–water partition coefficient (Wildman–Crippen LogP) is 2.36. The van der Waals surface area contributed by atoms with Gasteiger partial charge in [-0.25, -0.2) is 4.79 Å². The first kappa shape index (κ1) is 13.1. The first-order chi connectivity index (χ1) is 7.38. The summed E-state index contributed by atoms with van der Waals surface area (Å²) in [7, 11) is 0. The molecule has 0 aliphatic rings. The second-order valence-electron chi connectivity index (χ2n) is 4.48. The molecule has 0 bridgehead atoms. The molecule has 0 saturated heterocycles. The zero-order valence-electron chi connectivity index (χ0n) is 9.56. The Morgan fingerprint density at radius 2 is 1.94 bits per heavy atom. The van der Waals surface area contributed by atoms with Crippen molar-refractivity contribution in [1.29, 1.82) is 0 Å². The standard InChI is InChI=1S/C12H17NO2S/c1-12(2,13)8-16-7-9-3-5-10(6-4-9)11(14)15/h3-6H,7-8,13H2,1-2H3,(H,14,15). The van der Waals surface area contributed by atoms with E-state index in [-0.39, 0.29) is 5.54 Å². The first-order valence-corrected chi connectivity index (χ1v) is 6.23. The van der Waals surface area contributed by atoms with E-state index in [2.05, 4.69) is 0 Å². The Kier molecular flexibility index (Phi) is 4.38. The van der Waals surface area contributed by atoms with Gasteiger partial charge in [0.25, 0.3) is 0 Å². The summed E-state index contributed by atoms with van der Waals surface area (Å²) in [6.07, 6.45) is 0. The van der Waals surface area contributed by atoms with E-state index in [4.69, 9.17) is 10.8 Å². The van der Waals surface area contributed by atoms with Crippen LogP contribution in [0.1, 0.15) is 29.8 Å². The molecule has 0 spiro atoms. The molecule has 0 unspecified atom stereocenters. The Bertz CT molecular complexity index is 354. The second kappa shape index (κ2) is 5.37. The molecule has 16 heavy (non-hydrogen) atoms. The maximum Gasteiger partial charge on any atom is 0.335 e. The third-order valence-electron chi connectivity index (χ3n) is 1.94. The fraction of sp³-hybridized carbons (Fsp3) is 0.417. The van der Waals surface area contributed by atoms with Crippen LogP contribution in [0.5, 0.6) is 0 Å².